The second-order valence-electron chi connectivity index (χ2n) is 4.04. The van der Waals surface area contributed by atoms with Gasteiger partial charge in [0.2, 0.25) is 0 Å². The molecule has 0 aliphatic carbocycles. The van der Waals surface area contributed by atoms with Crippen molar-refractivity contribution in [3.63, 3.8) is 0 Å². The minimum atomic E-state index is -4.39. The molecule has 0 aliphatic heterocycles. The van der Waals surface area contributed by atoms with E-state index in [0.29, 0.717) is 5.76 Å². The standard InChI is InChI=1S/C14H12F3NO2/c1-10(18-9-13-6-3-7-19-13)20-12-5-2-4-11(8-12)14(15,16)17/h2-8H,9H2,1H3. The van der Waals surface area contributed by atoms with Crippen molar-refractivity contribution in [3.8, 4) is 5.75 Å². The lowest BCUT2D eigenvalue weighted by Gasteiger charge is -2.09. The summed E-state index contributed by atoms with van der Waals surface area (Å²) in [6.07, 6.45) is -2.87. The van der Waals surface area contributed by atoms with Gasteiger partial charge in [-0.3, -0.25) is 0 Å². The van der Waals surface area contributed by atoms with Crippen molar-refractivity contribution < 1.29 is 22.3 Å². The van der Waals surface area contributed by atoms with Crippen LogP contribution < -0.4 is 4.74 Å². The average molecular weight is 283 g/mol. The molecule has 106 valence electrons. The van der Waals surface area contributed by atoms with E-state index in [9.17, 15) is 13.2 Å². The maximum Gasteiger partial charge on any atom is 0.416 e. The second kappa shape index (κ2) is 5.81. The first kappa shape index (κ1) is 14.2. The summed E-state index contributed by atoms with van der Waals surface area (Å²) in [5.74, 6) is 1.01. The zero-order valence-electron chi connectivity index (χ0n) is 10.6. The Hall–Kier alpha value is -2.24. The fourth-order valence-electron chi connectivity index (χ4n) is 1.53. The highest BCUT2D eigenvalue weighted by atomic mass is 19.4. The molecule has 0 radical (unpaired) electrons. The molecule has 6 heteroatoms. The monoisotopic (exact) mass is 283 g/mol. The Balaban J connectivity index is 2.04. The summed E-state index contributed by atoms with van der Waals surface area (Å²) in [5, 5.41) is 0. The summed E-state index contributed by atoms with van der Waals surface area (Å²) in [7, 11) is 0. The number of rotatable bonds is 3. The molecule has 0 saturated heterocycles. The lowest BCUT2D eigenvalue weighted by molar-refractivity contribution is -0.137. The van der Waals surface area contributed by atoms with E-state index in [1.165, 1.54) is 18.4 Å². The van der Waals surface area contributed by atoms with Crippen LogP contribution in [0.25, 0.3) is 0 Å². The third kappa shape index (κ3) is 3.88. The zero-order chi connectivity index (χ0) is 14.6. The van der Waals surface area contributed by atoms with Crippen molar-refractivity contribution in [1.82, 2.24) is 0 Å². The summed E-state index contributed by atoms with van der Waals surface area (Å²) >= 11 is 0. The quantitative estimate of drug-likeness (QED) is 0.622. The predicted octanol–water partition coefficient (Wildman–Crippen LogP) is 4.30. The van der Waals surface area contributed by atoms with Crippen LogP contribution in [0.3, 0.4) is 0 Å². The van der Waals surface area contributed by atoms with Gasteiger partial charge in [0.05, 0.1) is 11.8 Å². The Labute approximate surface area is 113 Å². The van der Waals surface area contributed by atoms with E-state index in [2.05, 4.69) is 4.99 Å². The molecule has 1 aromatic heterocycles. The van der Waals surface area contributed by atoms with Gasteiger partial charge in [0.15, 0.2) is 5.90 Å². The third-order valence-electron chi connectivity index (χ3n) is 2.46. The smallest absolute Gasteiger partial charge is 0.416 e. The Morgan fingerprint density at radius 2 is 2.05 bits per heavy atom. The van der Waals surface area contributed by atoms with Crippen LogP contribution in [0, 0.1) is 0 Å². The maximum absolute atomic E-state index is 12.5. The molecule has 0 unspecified atom stereocenters. The van der Waals surface area contributed by atoms with Gasteiger partial charge in [-0.15, -0.1) is 0 Å². The molecule has 0 spiro atoms. The molecule has 0 aliphatic rings. The van der Waals surface area contributed by atoms with Gasteiger partial charge in [0, 0.05) is 6.92 Å². The third-order valence-corrected chi connectivity index (χ3v) is 2.46. The Morgan fingerprint density at radius 1 is 1.25 bits per heavy atom. The van der Waals surface area contributed by atoms with Gasteiger partial charge in [0.1, 0.15) is 18.1 Å². The number of hydrogen-bond acceptors (Lipinski definition) is 3. The number of benzene rings is 1. The molecule has 0 amide bonds. The predicted molar refractivity (Wildman–Crippen MR) is 67.6 cm³/mol. The molecule has 0 atom stereocenters. The van der Waals surface area contributed by atoms with Gasteiger partial charge < -0.3 is 9.15 Å². The van der Waals surface area contributed by atoms with Gasteiger partial charge >= 0.3 is 6.18 Å². The lowest BCUT2D eigenvalue weighted by atomic mass is 10.2. The number of alkyl halides is 3. The van der Waals surface area contributed by atoms with E-state index in [4.69, 9.17) is 9.15 Å². The van der Waals surface area contributed by atoms with Crippen molar-refractivity contribution in [3.05, 3.63) is 54.0 Å². The van der Waals surface area contributed by atoms with Gasteiger partial charge in [0.25, 0.3) is 0 Å². The van der Waals surface area contributed by atoms with Crippen LogP contribution in [0.2, 0.25) is 0 Å². The topological polar surface area (TPSA) is 34.7 Å². The van der Waals surface area contributed by atoms with Gasteiger partial charge in [-0.1, -0.05) is 6.07 Å². The number of hydrogen-bond donors (Lipinski definition) is 0. The molecule has 1 heterocycles. The van der Waals surface area contributed by atoms with E-state index in [-0.39, 0.29) is 18.2 Å². The highest BCUT2D eigenvalue weighted by Crippen LogP contribution is 2.31. The molecular formula is C14H12F3NO2. The first-order valence-electron chi connectivity index (χ1n) is 5.84. The molecule has 0 N–H and O–H groups in total. The summed E-state index contributed by atoms with van der Waals surface area (Å²) in [6, 6.07) is 8.14. The van der Waals surface area contributed by atoms with E-state index in [1.807, 2.05) is 0 Å². The molecule has 2 aromatic rings. The molecule has 1 aromatic carbocycles. The summed E-state index contributed by atoms with van der Waals surface area (Å²) in [4.78, 5) is 4.07. The van der Waals surface area contributed by atoms with Gasteiger partial charge in [-0.2, -0.15) is 13.2 Å². The molecule has 2 rings (SSSR count). The van der Waals surface area contributed by atoms with Crippen LogP contribution in [0.5, 0.6) is 5.75 Å². The van der Waals surface area contributed by atoms with E-state index in [1.54, 1.807) is 19.1 Å². The minimum Gasteiger partial charge on any atom is -0.467 e. The first-order chi connectivity index (χ1) is 9.45. The van der Waals surface area contributed by atoms with Crippen molar-refractivity contribution in [1.29, 1.82) is 0 Å². The van der Waals surface area contributed by atoms with Crippen molar-refractivity contribution in [2.75, 3.05) is 0 Å². The van der Waals surface area contributed by atoms with Crippen LogP contribution in [-0.2, 0) is 12.7 Å². The number of furan rings is 1. The van der Waals surface area contributed by atoms with Crippen LogP contribution >= 0.6 is 0 Å². The van der Waals surface area contributed by atoms with Crippen LogP contribution in [0.15, 0.2) is 52.1 Å². The number of ether oxygens (including phenoxy) is 1. The van der Waals surface area contributed by atoms with E-state index in [0.717, 1.165) is 12.1 Å². The number of halogens is 3. The average Bonchev–Trinajstić information content (AvgIpc) is 2.89. The SMILES string of the molecule is CC(=NCc1ccco1)Oc1cccc(C(F)(F)F)c1. The second-order valence-corrected chi connectivity index (χ2v) is 4.04. The molecule has 0 bridgehead atoms. The highest BCUT2D eigenvalue weighted by molar-refractivity contribution is 5.75. The lowest BCUT2D eigenvalue weighted by Crippen LogP contribution is -2.07. The van der Waals surface area contributed by atoms with Crippen molar-refractivity contribution in [2.24, 2.45) is 4.99 Å². The first-order valence-corrected chi connectivity index (χ1v) is 5.84. The van der Waals surface area contributed by atoms with Crippen LogP contribution in [0.1, 0.15) is 18.2 Å². The van der Waals surface area contributed by atoms with Gasteiger partial charge in [-0.25, -0.2) is 4.99 Å². The summed E-state index contributed by atoms with van der Waals surface area (Å²) in [6.45, 7) is 1.85. The maximum atomic E-state index is 12.5. The fourth-order valence-corrected chi connectivity index (χ4v) is 1.53. The number of nitrogens with zero attached hydrogens (tertiary/aromatic N) is 1. The zero-order valence-corrected chi connectivity index (χ0v) is 10.6. The number of aliphatic imine (C=N–C) groups is 1. The van der Waals surface area contributed by atoms with Crippen molar-refractivity contribution >= 4 is 5.90 Å². The van der Waals surface area contributed by atoms with Crippen molar-refractivity contribution in [2.45, 2.75) is 19.6 Å². The van der Waals surface area contributed by atoms with Gasteiger partial charge in [-0.05, 0) is 30.3 Å². The van der Waals surface area contributed by atoms with Crippen LogP contribution in [0.4, 0.5) is 13.2 Å². The van der Waals surface area contributed by atoms with E-state index >= 15 is 0 Å². The molecule has 0 fully saturated rings. The highest BCUT2D eigenvalue weighted by Gasteiger charge is 2.30. The Bertz CT molecular complexity index is 589. The van der Waals surface area contributed by atoms with E-state index < -0.39 is 11.7 Å². The molecular weight excluding hydrogens is 271 g/mol. The normalized spacial score (nSPS) is 12.5. The summed E-state index contributed by atoms with van der Waals surface area (Å²) < 4.78 is 48.0. The molecule has 20 heavy (non-hydrogen) atoms. The largest absolute Gasteiger partial charge is 0.467 e. The molecule has 0 saturated carbocycles. The Morgan fingerprint density at radius 3 is 2.70 bits per heavy atom. The van der Waals surface area contributed by atoms with Crippen LogP contribution in [-0.4, -0.2) is 5.90 Å². The fraction of sp³-hybridized carbons (Fsp3) is 0.214. The minimum absolute atomic E-state index is 0.0977. The molecule has 3 nitrogen and oxygen atoms in total. The Kier molecular flexibility index (Phi) is 4.12. The summed E-state index contributed by atoms with van der Waals surface area (Å²) in [5.41, 5.74) is -0.756.